The number of rotatable bonds is 8. The Bertz CT molecular complexity index is 1040. The van der Waals surface area contributed by atoms with Gasteiger partial charge in [0.25, 0.3) is 5.91 Å². The highest BCUT2D eigenvalue weighted by molar-refractivity contribution is 7.19. The number of ether oxygens (including phenoxy) is 1. The van der Waals surface area contributed by atoms with Gasteiger partial charge in [-0.05, 0) is 24.1 Å². The molecule has 1 aliphatic rings. The van der Waals surface area contributed by atoms with Gasteiger partial charge in [-0.1, -0.05) is 41.7 Å². The van der Waals surface area contributed by atoms with Crippen LogP contribution in [0.25, 0.3) is 0 Å². The van der Waals surface area contributed by atoms with Crippen LogP contribution in [0.5, 0.6) is 0 Å². The van der Waals surface area contributed by atoms with Crippen molar-refractivity contribution < 1.29 is 14.6 Å². The Balaban J connectivity index is 1.37. The molecule has 1 aromatic carbocycles. The fourth-order valence-corrected chi connectivity index (χ4v) is 4.14. The van der Waals surface area contributed by atoms with Gasteiger partial charge in [-0.2, -0.15) is 5.10 Å². The Morgan fingerprint density at radius 1 is 1.19 bits per heavy atom. The quantitative estimate of drug-likeness (QED) is 0.310. The summed E-state index contributed by atoms with van der Waals surface area (Å²) in [6.07, 6.45) is 1.58. The lowest BCUT2D eigenvalue weighted by atomic mass is 9.76. The van der Waals surface area contributed by atoms with Gasteiger partial charge in [0, 0.05) is 25.3 Å². The van der Waals surface area contributed by atoms with E-state index in [1.54, 1.807) is 18.3 Å². The van der Waals surface area contributed by atoms with Gasteiger partial charge in [-0.15, -0.1) is 15.3 Å². The molecule has 1 amide bonds. The highest BCUT2D eigenvalue weighted by Gasteiger charge is 2.29. The SMILES string of the molecule is BC(B)(O)OC(C(=O)Nc1nnc(NC2CCN(c3cccnn3)C2)s1)c1ccccc1. The second-order valence-electron chi connectivity index (χ2n) is 7.91. The Morgan fingerprint density at radius 3 is 2.69 bits per heavy atom. The summed E-state index contributed by atoms with van der Waals surface area (Å²) in [6.45, 7) is 1.64. The van der Waals surface area contributed by atoms with Gasteiger partial charge >= 0.3 is 0 Å². The Labute approximate surface area is 191 Å². The van der Waals surface area contributed by atoms with E-state index >= 15 is 0 Å². The predicted octanol–water partition coefficient (Wildman–Crippen LogP) is -0.415. The van der Waals surface area contributed by atoms with Crippen molar-refractivity contribution >= 4 is 49.0 Å². The molecule has 2 unspecified atom stereocenters. The highest BCUT2D eigenvalue weighted by Crippen LogP contribution is 2.27. The van der Waals surface area contributed by atoms with Crippen molar-refractivity contribution in [2.24, 2.45) is 0 Å². The fourth-order valence-electron chi connectivity index (χ4n) is 3.42. The van der Waals surface area contributed by atoms with Crippen LogP contribution in [0.4, 0.5) is 16.1 Å². The molecule has 32 heavy (non-hydrogen) atoms. The fraction of sp³-hybridized carbons (Fsp3) is 0.316. The number of anilines is 3. The van der Waals surface area contributed by atoms with Crippen LogP contribution in [0.2, 0.25) is 0 Å². The molecule has 3 N–H and O–H groups in total. The van der Waals surface area contributed by atoms with Gasteiger partial charge in [0.2, 0.25) is 10.3 Å². The van der Waals surface area contributed by atoms with E-state index in [0.717, 1.165) is 25.3 Å². The summed E-state index contributed by atoms with van der Waals surface area (Å²) in [7, 11) is 2.96. The number of aromatic nitrogens is 4. The molecule has 3 aromatic rings. The molecule has 0 radical (unpaired) electrons. The molecule has 0 spiro atoms. The average Bonchev–Trinajstić information content (AvgIpc) is 3.42. The van der Waals surface area contributed by atoms with Crippen LogP contribution in [0.3, 0.4) is 0 Å². The van der Waals surface area contributed by atoms with Crippen molar-refractivity contribution in [1.29, 1.82) is 0 Å². The molecule has 2 aromatic heterocycles. The first-order valence-electron chi connectivity index (χ1n) is 10.3. The third kappa shape index (κ3) is 5.81. The maximum absolute atomic E-state index is 12.9. The molecule has 13 heteroatoms. The van der Waals surface area contributed by atoms with Crippen LogP contribution in [0, 0.1) is 0 Å². The highest BCUT2D eigenvalue weighted by atomic mass is 32.1. The van der Waals surface area contributed by atoms with Gasteiger partial charge in [-0.25, -0.2) is 0 Å². The smallest absolute Gasteiger partial charge is 0.260 e. The topological polar surface area (TPSA) is 125 Å². The van der Waals surface area contributed by atoms with Gasteiger partial charge < -0.3 is 20.1 Å². The molecule has 0 saturated carbocycles. The molecule has 3 heterocycles. The zero-order valence-corrected chi connectivity index (χ0v) is 18.6. The first kappa shape index (κ1) is 22.2. The number of nitrogens with zero attached hydrogens (tertiary/aromatic N) is 5. The summed E-state index contributed by atoms with van der Waals surface area (Å²) in [5, 5.41) is 33.4. The van der Waals surface area contributed by atoms with Gasteiger partial charge in [-0.3, -0.25) is 10.1 Å². The molecule has 0 bridgehead atoms. The van der Waals surface area contributed by atoms with Crippen LogP contribution >= 0.6 is 11.3 Å². The third-order valence-electron chi connectivity index (χ3n) is 4.80. The summed E-state index contributed by atoms with van der Waals surface area (Å²) < 4.78 is 5.59. The number of aliphatic hydroxyl groups is 1. The molecule has 1 aliphatic heterocycles. The van der Waals surface area contributed by atoms with E-state index < -0.39 is 17.6 Å². The molecule has 164 valence electrons. The van der Waals surface area contributed by atoms with Crippen molar-refractivity contribution in [3.05, 3.63) is 54.2 Å². The van der Waals surface area contributed by atoms with Crippen molar-refractivity contribution in [2.75, 3.05) is 28.6 Å². The zero-order chi connectivity index (χ0) is 22.6. The molecular weight excluding hydrogens is 428 g/mol. The third-order valence-corrected chi connectivity index (χ3v) is 5.57. The van der Waals surface area contributed by atoms with Crippen LogP contribution in [-0.2, 0) is 9.53 Å². The van der Waals surface area contributed by atoms with E-state index in [4.69, 9.17) is 4.74 Å². The first-order chi connectivity index (χ1) is 15.4. The number of amides is 1. The molecule has 0 aliphatic carbocycles. The number of nitrogens with one attached hydrogen (secondary N) is 2. The number of carbonyl (C=O) groups excluding carboxylic acids is 1. The first-order valence-corrected chi connectivity index (χ1v) is 11.1. The second kappa shape index (κ2) is 9.63. The number of carbonyl (C=O) groups is 1. The summed E-state index contributed by atoms with van der Waals surface area (Å²) in [5.74, 6) is 0.413. The van der Waals surface area contributed by atoms with Crippen LogP contribution < -0.4 is 15.5 Å². The monoisotopic (exact) mass is 451 g/mol. The van der Waals surface area contributed by atoms with E-state index in [-0.39, 0.29) is 6.04 Å². The van der Waals surface area contributed by atoms with Crippen LogP contribution in [0.15, 0.2) is 48.7 Å². The van der Waals surface area contributed by atoms with Gasteiger partial charge in [0.1, 0.15) is 0 Å². The standard InChI is InChI=1S/C19H23B2N7O3S/c20-19(21,30)31-15(12-5-2-1-3-6-12)16(29)24-18-27-26-17(32-18)23-13-8-10-28(11-13)14-7-4-9-22-25-14/h1-7,9,13,15,30H,8,10-11,20-21H2,(H,23,26)(H,24,27,29). The molecule has 2 atom stereocenters. The Hall–Kier alpha value is -3.02. The summed E-state index contributed by atoms with van der Waals surface area (Å²) in [4.78, 5) is 15.1. The van der Waals surface area contributed by atoms with Crippen molar-refractivity contribution in [2.45, 2.75) is 24.2 Å². The molecule has 1 saturated heterocycles. The number of hydrogen-bond acceptors (Lipinski definition) is 10. The summed E-state index contributed by atoms with van der Waals surface area (Å²) in [5.41, 5.74) is -0.853. The van der Waals surface area contributed by atoms with Gasteiger partial charge in [0.05, 0.1) is 5.59 Å². The minimum absolute atomic E-state index is 0.184. The van der Waals surface area contributed by atoms with E-state index in [1.165, 1.54) is 27.0 Å². The maximum atomic E-state index is 12.9. The molecule has 4 rings (SSSR count). The minimum Gasteiger partial charge on any atom is -0.382 e. The van der Waals surface area contributed by atoms with Crippen molar-refractivity contribution in [3.63, 3.8) is 0 Å². The van der Waals surface area contributed by atoms with Crippen LogP contribution in [-0.4, -0.2) is 71.8 Å². The largest absolute Gasteiger partial charge is 0.382 e. The van der Waals surface area contributed by atoms with Gasteiger partial charge in [0.15, 0.2) is 27.6 Å². The van der Waals surface area contributed by atoms with E-state index in [9.17, 15) is 9.90 Å². The molecule has 1 fully saturated rings. The van der Waals surface area contributed by atoms with E-state index in [0.29, 0.717) is 15.8 Å². The summed E-state index contributed by atoms with van der Waals surface area (Å²) >= 11 is 1.25. The minimum atomic E-state index is -1.48. The predicted molar refractivity (Wildman–Crippen MR) is 127 cm³/mol. The second-order valence-corrected chi connectivity index (χ2v) is 8.89. The number of benzene rings is 1. The average molecular weight is 451 g/mol. The zero-order valence-electron chi connectivity index (χ0n) is 17.8. The van der Waals surface area contributed by atoms with Crippen molar-refractivity contribution in [3.8, 4) is 0 Å². The van der Waals surface area contributed by atoms with E-state index in [2.05, 4.69) is 35.9 Å². The normalized spacial score (nSPS) is 17.2. The summed E-state index contributed by atoms with van der Waals surface area (Å²) in [6, 6.07) is 13.0. The number of hydrogen-bond donors (Lipinski definition) is 3. The lowest BCUT2D eigenvalue weighted by Gasteiger charge is -2.26. The van der Waals surface area contributed by atoms with Crippen molar-refractivity contribution in [1.82, 2.24) is 20.4 Å². The maximum Gasteiger partial charge on any atom is 0.260 e. The molecule has 10 nitrogen and oxygen atoms in total. The lowest BCUT2D eigenvalue weighted by Crippen LogP contribution is -2.38. The van der Waals surface area contributed by atoms with Crippen LogP contribution in [0.1, 0.15) is 18.1 Å². The molecular formula is C19H23B2N7O3S. The van der Waals surface area contributed by atoms with E-state index in [1.807, 2.05) is 30.3 Å². The Kier molecular flexibility index (Phi) is 6.68. The Morgan fingerprint density at radius 2 is 1.97 bits per heavy atom. The lowest BCUT2D eigenvalue weighted by molar-refractivity contribution is -0.149.